The molecule has 0 atom stereocenters. The van der Waals surface area contributed by atoms with Gasteiger partial charge in [0.05, 0.1) is 18.5 Å². The number of hydrogen-bond donors (Lipinski definition) is 2. The minimum Gasteiger partial charge on any atom is -0.495 e. The van der Waals surface area contributed by atoms with Crippen molar-refractivity contribution in [3.05, 3.63) is 58.9 Å². The lowest BCUT2D eigenvalue weighted by molar-refractivity contribution is -0.123. The molecule has 0 radical (unpaired) electrons. The molecule has 2 heterocycles. The Bertz CT molecular complexity index is 1330. The second-order valence-electron chi connectivity index (χ2n) is 8.15. The number of nitrogens with one attached hydrogen (secondary N) is 2. The van der Waals surface area contributed by atoms with E-state index in [0.717, 1.165) is 4.68 Å². The van der Waals surface area contributed by atoms with Gasteiger partial charge in [-0.15, -0.1) is 0 Å². The molecule has 2 N–H and O–H groups in total. The number of carbonyl (C=O) groups is 2. The number of methoxy groups -OCH3 is 1. The van der Waals surface area contributed by atoms with Gasteiger partial charge in [-0.3, -0.25) is 14.4 Å². The van der Waals surface area contributed by atoms with Gasteiger partial charge in [0.2, 0.25) is 12.7 Å². The summed E-state index contributed by atoms with van der Waals surface area (Å²) in [4.78, 5) is 37.4. The first-order chi connectivity index (χ1) is 16.2. The van der Waals surface area contributed by atoms with Crippen LogP contribution in [0.2, 0.25) is 0 Å². The van der Waals surface area contributed by atoms with E-state index < -0.39 is 17.0 Å². The maximum Gasteiger partial charge on any atom is 0.267 e. The molecule has 4 rings (SSSR count). The molecule has 0 fully saturated rings. The fourth-order valence-electron chi connectivity index (χ4n) is 3.48. The Kier molecular flexibility index (Phi) is 5.97. The van der Waals surface area contributed by atoms with E-state index in [0.29, 0.717) is 39.9 Å². The third kappa shape index (κ3) is 4.42. The molecule has 2 amide bonds. The third-order valence-electron chi connectivity index (χ3n) is 5.32. The lowest BCUT2D eigenvalue weighted by Crippen LogP contribution is -2.47. The molecular weight excluding hydrogens is 440 g/mol. The Balaban J connectivity index is 1.65. The highest BCUT2D eigenvalue weighted by Crippen LogP contribution is 2.35. The van der Waals surface area contributed by atoms with Crippen molar-refractivity contribution < 1.29 is 23.8 Å². The van der Waals surface area contributed by atoms with Crippen LogP contribution in [0.1, 0.15) is 20.8 Å². The first-order valence-corrected chi connectivity index (χ1v) is 10.5. The van der Waals surface area contributed by atoms with Crippen LogP contribution >= 0.6 is 0 Å². The Morgan fingerprint density at radius 1 is 1.03 bits per heavy atom. The van der Waals surface area contributed by atoms with Crippen molar-refractivity contribution in [2.45, 2.75) is 26.3 Å². The van der Waals surface area contributed by atoms with Crippen LogP contribution in [0.25, 0.3) is 11.3 Å². The zero-order valence-electron chi connectivity index (χ0n) is 19.2. The highest BCUT2D eigenvalue weighted by atomic mass is 16.7. The monoisotopic (exact) mass is 464 g/mol. The molecule has 1 aromatic heterocycles. The predicted molar refractivity (Wildman–Crippen MR) is 125 cm³/mol. The molecule has 0 aliphatic carbocycles. The van der Waals surface area contributed by atoms with E-state index in [9.17, 15) is 14.4 Å². The zero-order chi connectivity index (χ0) is 24.5. The average molecular weight is 464 g/mol. The van der Waals surface area contributed by atoms with Crippen LogP contribution in [-0.4, -0.2) is 35.5 Å². The number of anilines is 2. The Labute approximate surface area is 195 Å². The summed E-state index contributed by atoms with van der Waals surface area (Å²) in [7, 11) is 1.47. The van der Waals surface area contributed by atoms with E-state index in [1.165, 1.54) is 20.1 Å². The summed E-state index contributed by atoms with van der Waals surface area (Å²) in [5, 5.41) is 9.90. The topological polar surface area (TPSA) is 121 Å². The number of nitrogens with zero attached hydrogens (tertiary/aromatic N) is 2. The van der Waals surface area contributed by atoms with Crippen LogP contribution in [0, 0.1) is 0 Å². The highest BCUT2D eigenvalue weighted by molar-refractivity contribution is 5.98. The minimum atomic E-state index is -1.36. The van der Waals surface area contributed by atoms with E-state index in [-0.39, 0.29) is 12.7 Å². The molecule has 0 bridgehead atoms. The molecule has 2 aromatic carbocycles. The van der Waals surface area contributed by atoms with Crippen molar-refractivity contribution in [1.29, 1.82) is 0 Å². The van der Waals surface area contributed by atoms with Gasteiger partial charge < -0.3 is 24.8 Å². The summed E-state index contributed by atoms with van der Waals surface area (Å²) in [5.74, 6) is 0.863. The molecule has 10 nitrogen and oxygen atoms in total. The van der Waals surface area contributed by atoms with E-state index in [1.807, 2.05) is 0 Å². The maximum absolute atomic E-state index is 13.3. The van der Waals surface area contributed by atoms with Crippen molar-refractivity contribution in [2.24, 2.45) is 0 Å². The predicted octanol–water partition coefficient (Wildman–Crippen LogP) is 2.98. The van der Waals surface area contributed by atoms with Crippen molar-refractivity contribution in [2.75, 3.05) is 24.5 Å². The SMILES string of the molecule is COc1ccc(NC(C)=O)cc1NC(=O)C(C)(C)n1nc(-c2ccc3c(c2)OCO3)ccc1=O. The van der Waals surface area contributed by atoms with Gasteiger partial charge in [0, 0.05) is 24.2 Å². The van der Waals surface area contributed by atoms with Crippen LogP contribution in [-0.2, 0) is 15.1 Å². The van der Waals surface area contributed by atoms with E-state index in [4.69, 9.17) is 14.2 Å². The summed E-state index contributed by atoms with van der Waals surface area (Å²) in [6, 6.07) is 13.1. The number of ether oxygens (including phenoxy) is 3. The number of carbonyl (C=O) groups excluding carboxylic acids is 2. The molecule has 10 heteroatoms. The fraction of sp³-hybridized carbons (Fsp3) is 0.250. The second kappa shape index (κ2) is 8.89. The van der Waals surface area contributed by atoms with Gasteiger partial charge in [-0.1, -0.05) is 0 Å². The number of rotatable bonds is 6. The molecule has 176 valence electrons. The van der Waals surface area contributed by atoms with Crippen molar-refractivity contribution in [3.63, 3.8) is 0 Å². The maximum atomic E-state index is 13.3. The van der Waals surface area contributed by atoms with Gasteiger partial charge in [-0.2, -0.15) is 5.10 Å². The summed E-state index contributed by atoms with van der Waals surface area (Å²) in [5.41, 5.74) is 0.221. The lowest BCUT2D eigenvalue weighted by Gasteiger charge is -2.26. The molecule has 34 heavy (non-hydrogen) atoms. The molecule has 3 aromatic rings. The van der Waals surface area contributed by atoms with Gasteiger partial charge in [-0.05, 0) is 56.3 Å². The molecule has 0 spiro atoms. The van der Waals surface area contributed by atoms with Crippen LogP contribution in [0.15, 0.2) is 53.3 Å². The van der Waals surface area contributed by atoms with Crippen molar-refractivity contribution in [3.8, 4) is 28.5 Å². The first kappa shape index (κ1) is 22.8. The highest BCUT2D eigenvalue weighted by Gasteiger charge is 2.33. The van der Waals surface area contributed by atoms with Gasteiger partial charge >= 0.3 is 0 Å². The van der Waals surface area contributed by atoms with E-state index in [2.05, 4.69) is 15.7 Å². The van der Waals surface area contributed by atoms with Crippen LogP contribution < -0.4 is 30.4 Å². The Morgan fingerprint density at radius 3 is 2.53 bits per heavy atom. The van der Waals surface area contributed by atoms with Gasteiger partial charge in [0.25, 0.3) is 11.5 Å². The number of fused-ring (bicyclic) bond motifs is 1. The quantitative estimate of drug-likeness (QED) is 0.575. The number of benzene rings is 2. The Hall–Kier alpha value is -4.34. The average Bonchev–Trinajstić information content (AvgIpc) is 3.27. The Morgan fingerprint density at radius 2 is 1.79 bits per heavy atom. The molecule has 0 saturated heterocycles. The molecule has 1 aliphatic rings. The standard InChI is InChI=1S/C24H24N4O6/c1-14(29)25-16-6-9-19(32-4)18(12-16)26-23(31)24(2,3)28-22(30)10-7-17(27-28)15-5-8-20-21(11-15)34-13-33-20/h5-12H,13H2,1-4H3,(H,25,29)(H,26,31). The van der Waals surface area contributed by atoms with Crippen LogP contribution in [0.4, 0.5) is 11.4 Å². The van der Waals surface area contributed by atoms with Gasteiger partial charge in [0.15, 0.2) is 11.5 Å². The normalized spacial score (nSPS) is 12.2. The van der Waals surface area contributed by atoms with E-state index >= 15 is 0 Å². The van der Waals surface area contributed by atoms with Crippen LogP contribution in [0.5, 0.6) is 17.2 Å². The smallest absolute Gasteiger partial charge is 0.267 e. The van der Waals surface area contributed by atoms with Crippen LogP contribution in [0.3, 0.4) is 0 Å². The molecular formula is C24H24N4O6. The summed E-state index contributed by atoms with van der Waals surface area (Å²) in [6.07, 6.45) is 0. The fourth-order valence-corrected chi connectivity index (χ4v) is 3.48. The zero-order valence-corrected chi connectivity index (χ0v) is 19.2. The van der Waals surface area contributed by atoms with Gasteiger partial charge in [0.1, 0.15) is 11.3 Å². The minimum absolute atomic E-state index is 0.144. The summed E-state index contributed by atoms with van der Waals surface area (Å²) >= 11 is 0. The van der Waals surface area contributed by atoms with Gasteiger partial charge in [-0.25, -0.2) is 4.68 Å². The molecule has 0 saturated carbocycles. The van der Waals surface area contributed by atoms with E-state index in [1.54, 1.807) is 56.3 Å². The number of hydrogen-bond acceptors (Lipinski definition) is 7. The number of amides is 2. The number of aromatic nitrogens is 2. The van der Waals surface area contributed by atoms with Crippen molar-refractivity contribution >= 4 is 23.2 Å². The molecule has 1 aliphatic heterocycles. The first-order valence-electron chi connectivity index (χ1n) is 10.5. The van der Waals surface area contributed by atoms with Crippen molar-refractivity contribution in [1.82, 2.24) is 9.78 Å². The third-order valence-corrected chi connectivity index (χ3v) is 5.32. The summed E-state index contributed by atoms with van der Waals surface area (Å²) in [6.45, 7) is 4.71. The lowest BCUT2D eigenvalue weighted by atomic mass is 10.0. The largest absolute Gasteiger partial charge is 0.495 e. The molecule has 0 unspecified atom stereocenters. The summed E-state index contributed by atoms with van der Waals surface area (Å²) < 4.78 is 17.2. The second-order valence-corrected chi connectivity index (χ2v) is 8.15.